The van der Waals surface area contributed by atoms with Gasteiger partial charge in [0.1, 0.15) is 6.04 Å². The number of piperazine rings is 1. The summed E-state index contributed by atoms with van der Waals surface area (Å²) < 4.78 is 41.1. The first-order valence-electron chi connectivity index (χ1n) is 21.1. The molecule has 0 bridgehead atoms. The van der Waals surface area contributed by atoms with Crippen LogP contribution in [0.5, 0.6) is 0 Å². The zero-order chi connectivity index (χ0) is 41.3. The lowest BCUT2D eigenvalue weighted by Crippen LogP contribution is -2.49. The summed E-state index contributed by atoms with van der Waals surface area (Å²) in [6.45, 7) is 10.8. The monoisotopic (exact) mass is 810 g/mol. The molecule has 5 fully saturated rings. The second kappa shape index (κ2) is 16.8. The van der Waals surface area contributed by atoms with Crippen LogP contribution >= 0.6 is 0 Å². The van der Waals surface area contributed by atoms with E-state index in [2.05, 4.69) is 49.3 Å². The van der Waals surface area contributed by atoms with Crippen LogP contribution in [0.4, 0.5) is 35.9 Å². The van der Waals surface area contributed by atoms with Gasteiger partial charge < -0.3 is 24.9 Å². The van der Waals surface area contributed by atoms with Gasteiger partial charge in [0.05, 0.1) is 17.2 Å². The number of halogens is 3. The number of imide groups is 1. The second-order valence-electron chi connectivity index (χ2n) is 17.3. The van der Waals surface area contributed by atoms with E-state index in [0.29, 0.717) is 36.6 Å². The zero-order valence-corrected chi connectivity index (χ0v) is 33.6. The van der Waals surface area contributed by atoms with E-state index >= 15 is 0 Å². The molecule has 3 amide bonds. The van der Waals surface area contributed by atoms with Crippen molar-refractivity contribution >= 4 is 40.5 Å². The number of nitriles is 1. The maximum Gasteiger partial charge on any atom is 0.417 e. The molecule has 0 radical (unpaired) electrons. The van der Waals surface area contributed by atoms with E-state index in [4.69, 9.17) is 0 Å². The van der Waals surface area contributed by atoms with E-state index in [1.54, 1.807) is 12.1 Å². The summed E-state index contributed by atoms with van der Waals surface area (Å²) in [4.78, 5) is 48.6. The van der Waals surface area contributed by atoms with E-state index in [0.717, 1.165) is 114 Å². The predicted molar refractivity (Wildman–Crippen MR) is 221 cm³/mol. The lowest BCUT2D eigenvalue weighted by atomic mass is 9.76. The van der Waals surface area contributed by atoms with Gasteiger partial charge in [-0.1, -0.05) is 6.07 Å². The number of carbonyl (C=O) groups is 3. The summed E-state index contributed by atoms with van der Waals surface area (Å²) in [5, 5.41) is 14.9. The molecule has 0 aromatic heterocycles. The Balaban J connectivity index is 0.769. The second-order valence-corrected chi connectivity index (χ2v) is 17.3. The van der Waals surface area contributed by atoms with E-state index in [9.17, 15) is 32.8 Å². The number of rotatable bonds is 8. The van der Waals surface area contributed by atoms with Crippen LogP contribution < -0.4 is 25.3 Å². The van der Waals surface area contributed by atoms with Crippen molar-refractivity contribution < 1.29 is 27.6 Å². The fourth-order valence-electron chi connectivity index (χ4n) is 10.0. The lowest BCUT2D eigenvalue weighted by molar-refractivity contribution is -0.138. The number of benzene rings is 3. The number of nitrogens with one attached hydrogen (secondary N) is 2. The maximum atomic E-state index is 13.7. The van der Waals surface area contributed by atoms with Crippen molar-refractivity contribution in [2.45, 2.75) is 70.1 Å². The number of nitrogens with zero attached hydrogens (tertiary/aromatic N) is 6. The van der Waals surface area contributed by atoms with Crippen molar-refractivity contribution in [1.82, 2.24) is 15.1 Å². The van der Waals surface area contributed by atoms with Crippen molar-refractivity contribution in [3.8, 4) is 6.07 Å². The minimum absolute atomic E-state index is 0.0192. The molecule has 5 saturated heterocycles. The van der Waals surface area contributed by atoms with E-state index in [-0.39, 0.29) is 34.7 Å². The van der Waals surface area contributed by atoms with Crippen molar-refractivity contribution in [2.24, 2.45) is 11.3 Å². The first-order chi connectivity index (χ1) is 28.4. The number of piperidine rings is 3. The molecule has 2 N–H and O–H groups in total. The Kier molecular flexibility index (Phi) is 11.5. The minimum Gasteiger partial charge on any atom is -0.374 e. The Hall–Kier alpha value is -5.29. The fourth-order valence-corrected chi connectivity index (χ4v) is 10.0. The van der Waals surface area contributed by atoms with Crippen LogP contribution in [0.15, 0.2) is 66.7 Å². The molecule has 2 atom stereocenters. The number of hydrogen-bond donors (Lipinski definition) is 2. The summed E-state index contributed by atoms with van der Waals surface area (Å²) in [6, 6.07) is 21.5. The number of likely N-dealkylation sites (tertiary alicyclic amines) is 1. The summed E-state index contributed by atoms with van der Waals surface area (Å²) in [6.07, 6.45) is 0.995. The normalized spacial score (nSPS) is 23.0. The Labute approximate surface area is 344 Å². The highest BCUT2D eigenvalue weighted by atomic mass is 19.4. The summed E-state index contributed by atoms with van der Waals surface area (Å²) in [5.41, 5.74) is 3.09. The molecule has 1 spiro atoms. The largest absolute Gasteiger partial charge is 0.417 e. The highest BCUT2D eigenvalue weighted by Gasteiger charge is 2.45. The smallest absolute Gasteiger partial charge is 0.374 e. The van der Waals surface area contributed by atoms with Gasteiger partial charge in [-0.3, -0.25) is 24.6 Å². The Bertz CT molecular complexity index is 2060. The van der Waals surface area contributed by atoms with Gasteiger partial charge in [-0.15, -0.1) is 0 Å². The van der Waals surface area contributed by atoms with E-state index in [1.165, 1.54) is 6.07 Å². The van der Waals surface area contributed by atoms with Gasteiger partial charge in [-0.05, 0) is 117 Å². The summed E-state index contributed by atoms with van der Waals surface area (Å²) in [5.74, 6) is 0.133. The number of anilines is 4. The van der Waals surface area contributed by atoms with Gasteiger partial charge in [-0.2, -0.15) is 18.4 Å². The van der Waals surface area contributed by atoms with Crippen molar-refractivity contribution in [3.05, 3.63) is 83.4 Å². The highest BCUT2D eigenvalue weighted by molar-refractivity contribution is 6.01. The Morgan fingerprint density at radius 1 is 0.864 bits per heavy atom. The molecule has 59 heavy (non-hydrogen) atoms. The standard InChI is InChI=1S/C45H53F3N8O3/c1-31-27-44(30-56(31)38-10-7-34(28-49)39(26-38)45(46,47)48)15-19-53(20-16-44)36-8-5-33(6-9-36)43(59)55-17-13-32(14-18-55)29-52-21-23-54(24-22-52)37-4-2-3-35(25-37)50-40-11-12-41(57)51-42(40)58/h2-10,25-26,31-32,40,50H,11-24,27,29-30H2,1H3,(H,51,57,58)/t31-,40+/m0/s1. The van der Waals surface area contributed by atoms with Gasteiger partial charge in [0, 0.05) is 106 Å². The van der Waals surface area contributed by atoms with Gasteiger partial charge in [-0.25, -0.2) is 0 Å². The zero-order valence-electron chi connectivity index (χ0n) is 33.6. The van der Waals surface area contributed by atoms with Crippen LogP contribution in [0.2, 0.25) is 0 Å². The van der Waals surface area contributed by atoms with Crippen LogP contribution in [0.1, 0.15) is 73.4 Å². The molecule has 0 unspecified atom stereocenters. The van der Waals surface area contributed by atoms with Crippen LogP contribution in [0.3, 0.4) is 0 Å². The molecular formula is C45H53F3N8O3. The number of carbonyl (C=O) groups excluding carboxylic acids is 3. The molecule has 0 aliphatic carbocycles. The average molecular weight is 811 g/mol. The molecule has 5 aliphatic rings. The molecule has 5 aliphatic heterocycles. The lowest BCUT2D eigenvalue weighted by Gasteiger charge is -2.40. The molecular weight excluding hydrogens is 758 g/mol. The summed E-state index contributed by atoms with van der Waals surface area (Å²) in [7, 11) is 0. The maximum absolute atomic E-state index is 13.7. The highest BCUT2D eigenvalue weighted by Crippen LogP contribution is 2.46. The van der Waals surface area contributed by atoms with Crippen molar-refractivity contribution in [1.29, 1.82) is 5.26 Å². The molecule has 3 aromatic carbocycles. The van der Waals surface area contributed by atoms with Gasteiger partial charge in [0.2, 0.25) is 11.8 Å². The number of amides is 3. The first kappa shape index (κ1) is 40.5. The topological polar surface area (TPSA) is 115 Å². The molecule has 3 aromatic rings. The SMILES string of the molecule is C[C@H]1CC2(CCN(c3ccc(C(=O)N4CCC(CN5CCN(c6cccc(N[C@@H]7CCC(=O)NC7=O)c6)CC5)CC4)cc3)CC2)CN1c1ccc(C#N)c(C(F)(F)F)c1. The number of hydrogen-bond acceptors (Lipinski definition) is 9. The first-order valence-corrected chi connectivity index (χ1v) is 21.1. The molecule has 8 rings (SSSR count). The fraction of sp³-hybridized carbons (Fsp3) is 0.511. The molecule has 0 saturated carbocycles. The third kappa shape index (κ3) is 9.00. The predicted octanol–water partition coefficient (Wildman–Crippen LogP) is 6.35. The third-order valence-corrected chi connectivity index (χ3v) is 13.4. The molecule has 11 nitrogen and oxygen atoms in total. The van der Waals surface area contributed by atoms with Gasteiger partial charge in [0.15, 0.2) is 0 Å². The van der Waals surface area contributed by atoms with Gasteiger partial charge >= 0.3 is 6.18 Å². The minimum atomic E-state index is -4.58. The van der Waals surface area contributed by atoms with E-state index < -0.39 is 17.8 Å². The van der Waals surface area contributed by atoms with Crippen LogP contribution in [-0.2, 0) is 15.8 Å². The van der Waals surface area contributed by atoms with Crippen LogP contribution in [0, 0.1) is 22.7 Å². The third-order valence-electron chi connectivity index (χ3n) is 13.4. The molecule has 5 heterocycles. The van der Waals surface area contributed by atoms with Crippen LogP contribution in [-0.4, -0.2) is 105 Å². The van der Waals surface area contributed by atoms with Crippen LogP contribution in [0.25, 0.3) is 0 Å². The molecule has 312 valence electrons. The van der Waals surface area contributed by atoms with Gasteiger partial charge in [0.25, 0.3) is 5.91 Å². The van der Waals surface area contributed by atoms with E-state index in [1.807, 2.05) is 41.3 Å². The Morgan fingerprint density at radius 3 is 2.24 bits per heavy atom. The van der Waals surface area contributed by atoms with Crippen molar-refractivity contribution in [2.75, 3.05) is 85.5 Å². The van der Waals surface area contributed by atoms with Crippen molar-refractivity contribution in [3.63, 3.8) is 0 Å². The summed E-state index contributed by atoms with van der Waals surface area (Å²) >= 11 is 0. The Morgan fingerprint density at radius 2 is 1.56 bits per heavy atom. The quantitative estimate of drug-likeness (QED) is 0.251. The average Bonchev–Trinajstić information content (AvgIpc) is 3.56. The molecule has 14 heteroatoms. The number of alkyl halides is 3.